The van der Waals surface area contributed by atoms with Crippen LogP contribution in [0.3, 0.4) is 0 Å². The van der Waals surface area contributed by atoms with Crippen molar-refractivity contribution in [1.82, 2.24) is 9.55 Å². The molecule has 114 valence electrons. The monoisotopic (exact) mass is 308 g/mol. The van der Waals surface area contributed by atoms with E-state index in [4.69, 9.17) is 9.84 Å². The van der Waals surface area contributed by atoms with Crippen LogP contribution in [0.4, 0.5) is 0 Å². The third-order valence-electron chi connectivity index (χ3n) is 3.08. The number of hydrogen-bond acceptors (Lipinski definition) is 4. The first-order chi connectivity index (χ1) is 10.0. The quantitative estimate of drug-likeness (QED) is 0.797. The van der Waals surface area contributed by atoms with Crippen molar-refractivity contribution in [3.8, 4) is 0 Å². The van der Waals surface area contributed by atoms with Gasteiger partial charge < -0.3 is 14.4 Å². The van der Waals surface area contributed by atoms with Crippen molar-refractivity contribution >= 4 is 28.8 Å². The van der Waals surface area contributed by atoms with Crippen molar-refractivity contribution in [3.05, 3.63) is 23.8 Å². The average molecular weight is 308 g/mol. The fourth-order valence-electron chi connectivity index (χ4n) is 2.22. The SMILES string of the molecule is CCOC(C)Cn1c(SCC(=O)O)nc2ccc(C)cc21. The lowest BCUT2D eigenvalue weighted by molar-refractivity contribution is -0.133. The molecule has 21 heavy (non-hydrogen) atoms. The number of hydrogen-bond donors (Lipinski definition) is 1. The molecule has 2 rings (SSSR count). The molecular formula is C15H20N2O3S. The molecule has 1 atom stereocenters. The molecule has 0 saturated heterocycles. The second-order valence-corrected chi connectivity index (χ2v) is 5.89. The summed E-state index contributed by atoms with van der Waals surface area (Å²) in [5.74, 6) is -0.835. The Bertz CT molecular complexity index is 639. The van der Waals surface area contributed by atoms with Crippen LogP contribution in [0.1, 0.15) is 19.4 Å². The molecular weight excluding hydrogens is 288 g/mol. The highest BCUT2D eigenvalue weighted by molar-refractivity contribution is 7.99. The maximum atomic E-state index is 10.8. The van der Waals surface area contributed by atoms with E-state index in [1.54, 1.807) is 0 Å². The van der Waals surface area contributed by atoms with Gasteiger partial charge in [0.25, 0.3) is 0 Å². The fourth-order valence-corrected chi connectivity index (χ4v) is 2.96. The number of thioether (sulfide) groups is 1. The molecule has 0 amide bonds. The minimum Gasteiger partial charge on any atom is -0.481 e. The van der Waals surface area contributed by atoms with Gasteiger partial charge in [0, 0.05) is 6.61 Å². The zero-order chi connectivity index (χ0) is 15.4. The summed E-state index contributed by atoms with van der Waals surface area (Å²) in [6.07, 6.45) is 0.0529. The second kappa shape index (κ2) is 6.95. The van der Waals surface area contributed by atoms with Crippen molar-refractivity contribution in [1.29, 1.82) is 0 Å². The lowest BCUT2D eigenvalue weighted by Crippen LogP contribution is -2.17. The molecule has 1 unspecified atom stereocenters. The number of carboxylic acids is 1. The Morgan fingerprint density at radius 1 is 1.52 bits per heavy atom. The largest absolute Gasteiger partial charge is 0.481 e. The Labute approximate surface area is 128 Å². The van der Waals surface area contributed by atoms with Gasteiger partial charge in [-0.1, -0.05) is 17.8 Å². The predicted molar refractivity (Wildman–Crippen MR) is 83.9 cm³/mol. The van der Waals surface area contributed by atoms with Crippen molar-refractivity contribution in [2.75, 3.05) is 12.4 Å². The number of benzene rings is 1. The first-order valence-electron chi connectivity index (χ1n) is 6.94. The van der Waals surface area contributed by atoms with Crippen LogP contribution in [0.15, 0.2) is 23.4 Å². The standard InChI is InChI=1S/C15H20N2O3S/c1-4-20-11(3)8-17-13-7-10(2)5-6-12(13)16-15(17)21-9-14(18)19/h5-7,11H,4,8-9H2,1-3H3,(H,18,19). The van der Waals surface area contributed by atoms with Crippen molar-refractivity contribution < 1.29 is 14.6 Å². The zero-order valence-electron chi connectivity index (χ0n) is 12.5. The maximum Gasteiger partial charge on any atom is 0.313 e. The highest BCUT2D eigenvalue weighted by atomic mass is 32.2. The van der Waals surface area contributed by atoms with E-state index in [9.17, 15) is 4.79 Å². The zero-order valence-corrected chi connectivity index (χ0v) is 13.3. The van der Waals surface area contributed by atoms with Crippen LogP contribution >= 0.6 is 11.8 Å². The number of aryl methyl sites for hydroxylation is 1. The summed E-state index contributed by atoms with van der Waals surface area (Å²) in [7, 11) is 0. The summed E-state index contributed by atoms with van der Waals surface area (Å²) in [4.78, 5) is 15.3. The number of nitrogens with zero attached hydrogens (tertiary/aromatic N) is 2. The number of fused-ring (bicyclic) bond motifs is 1. The van der Waals surface area contributed by atoms with Crippen LogP contribution in [0.5, 0.6) is 0 Å². The van der Waals surface area contributed by atoms with E-state index in [1.165, 1.54) is 11.8 Å². The topological polar surface area (TPSA) is 64.3 Å². The number of carbonyl (C=O) groups is 1. The van der Waals surface area contributed by atoms with E-state index in [-0.39, 0.29) is 11.9 Å². The number of aromatic nitrogens is 2. The Balaban J connectivity index is 2.37. The Hall–Kier alpha value is -1.53. The van der Waals surface area contributed by atoms with Crippen LogP contribution in [-0.2, 0) is 16.1 Å². The summed E-state index contributed by atoms with van der Waals surface area (Å²) < 4.78 is 7.65. The molecule has 0 bridgehead atoms. The van der Waals surface area contributed by atoms with Gasteiger partial charge in [-0.25, -0.2) is 4.98 Å². The Morgan fingerprint density at radius 2 is 2.29 bits per heavy atom. The van der Waals surface area contributed by atoms with E-state index in [2.05, 4.69) is 15.6 Å². The first kappa shape index (κ1) is 15.9. The summed E-state index contributed by atoms with van der Waals surface area (Å²) >= 11 is 1.24. The Morgan fingerprint density at radius 3 is 2.95 bits per heavy atom. The number of ether oxygens (including phenoxy) is 1. The van der Waals surface area contributed by atoms with Crippen molar-refractivity contribution in [2.45, 2.75) is 38.6 Å². The molecule has 1 aromatic heterocycles. The molecule has 0 aliphatic carbocycles. The molecule has 2 aromatic rings. The van der Waals surface area contributed by atoms with Gasteiger partial charge in [0.1, 0.15) is 0 Å². The van der Waals surface area contributed by atoms with Gasteiger partial charge in [-0.2, -0.15) is 0 Å². The normalized spacial score (nSPS) is 12.7. The molecule has 0 aliphatic heterocycles. The summed E-state index contributed by atoms with van der Waals surface area (Å²) in [6, 6.07) is 6.06. The maximum absolute atomic E-state index is 10.8. The molecule has 1 aromatic carbocycles. The third kappa shape index (κ3) is 3.98. The molecule has 0 aliphatic rings. The minimum absolute atomic E-state index is 0.00528. The molecule has 0 spiro atoms. The third-order valence-corrected chi connectivity index (χ3v) is 4.05. The number of carboxylic acid groups (broad SMARTS) is 1. The fraction of sp³-hybridized carbons (Fsp3) is 0.467. The van der Waals surface area contributed by atoms with Crippen molar-refractivity contribution in [3.63, 3.8) is 0 Å². The molecule has 1 heterocycles. The van der Waals surface area contributed by atoms with E-state index < -0.39 is 5.97 Å². The molecule has 5 nitrogen and oxygen atoms in total. The highest BCUT2D eigenvalue weighted by Gasteiger charge is 2.15. The lowest BCUT2D eigenvalue weighted by atomic mass is 10.2. The molecule has 1 N–H and O–H groups in total. The summed E-state index contributed by atoms with van der Waals surface area (Å²) in [5, 5.41) is 9.59. The van der Waals surface area contributed by atoms with Crippen molar-refractivity contribution in [2.24, 2.45) is 0 Å². The number of rotatable bonds is 7. The second-order valence-electron chi connectivity index (χ2n) is 4.95. The minimum atomic E-state index is -0.840. The van der Waals surface area contributed by atoms with E-state index in [0.717, 1.165) is 21.8 Å². The van der Waals surface area contributed by atoms with Gasteiger partial charge >= 0.3 is 5.97 Å². The summed E-state index contributed by atoms with van der Waals surface area (Å²) in [5.41, 5.74) is 3.06. The van der Waals surface area contributed by atoms with Crippen LogP contribution in [0, 0.1) is 6.92 Å². The average Bonchev–Trinajstić information content (AvgIpc) is 2.74. The van der Waals surface area contributed by atoms with E-state index in [0.29, 0.717) is 13.2 Å². The molecule has 0 radical (unpaired) electrons. The van der Waals surface area contributed by atoms with E-state index in [1.807, 2.05) is 32.9 Å². The molecule has 6 heteroatoms. The van der Waals surface area contributed by atoms with Gasteiger partial charge in [-0.05, 0) is 38.5 Å². The first-order valence-corrected chi connectivity index (χ1v) is 7.93. The van der Waals surface area contributed by atoms with Gasteiger partial charge in [-0.15, -0.1) is 0 Å². The Kier molecular flexibility index (Phi) is 5.25. The van der Waals surface area contributed by atoms with Gasteiger partial charge in [0.15, 0.2) is 5.16 Å². The smallest absolute Gasteiger partial charge is 0.313 e. The van der Waals surface area contributed by atoms with Crippen LogP contribution in [0.25, 0.3) is 11.0 Å². The van der Waals surface area contributed by atoms with Crippen LogP contribution < -0.4 is 0 Å². The van der Waals surface area contributed by atoms with E-state index >= 15 is 0 Å². The van der Waals surface area contributed by atoms with Gasteiger partial charge in [-0.3, -0.25) is 4.79 Å². The van der Waals surface area contributed by atoms with Gasteiger partial charge in [0.05, 0.1) is 29.4 Å². The molecule has 0 saturated carbocycles. The highest BCUT2D eigenvalue weighted by Crippen LogP contribution is 2.25. The lowest BCUT2D eigenvalue weighted by Gasteiger charge is -2.15. The predicted octanol–water partition coefficient (Wildman–Crippen LogP) is 2.95. The molecule has 0 fully saturated rings. The summed E-state index contributed by atoms with van der Waals surface area (Å²) in [6.45, 7) is 7.33. The van der Waals surface area contributed by atoms with Gasteiger partial charge in [0.2, 0.25) is 0 Å². The number of imidazole rings is 1. The van der Waals surface area contributed by atoms with Crippen LogP contribution in [0.2, 0.25) is 0 Å². The number of aliphatic carboxylic acids is 1. The van der Waals surface area contributed by atoms with Crippen LogP contribution in [-0.4, -0.2) is 39.1 Å².